The highest BCUT2D eigenvalue weighted by Gasteiger charge is 2.15. The lowest BCUT2D eigenvalue weighted by molar-refractivity contribution is 0.145. The van der Waals surface area contributed by atoms with Crippen LogP contribution in [0.5, 0.6) is 5.75 Å². The fraction of sp³-hybridized carbons (Fsp3) is 0.438. The smallest absolute Gasteiger partial charge is 0.118 e. The summed E-state index contributed by atoms with van der Waals surface area (Å²) >= 11 is 0. The molecule has 0 bridgehead atoms. The van der Waals surface area contributed by atoms with Gasteiger partial charge in [0.1, 0.15) is 5.75 Å². The van der Waals surface area contributed by atoms with E-state index in [0.29, 0.717) is 0 Å². The normalized spacial score (nSPS) is 12.6. The average Bonchev–Trinajstić information content (AvgIpc) is 3.02. The molecular formula is C16H23N3O2. The lowest BCUT2D eigenvalue weighted by atomic mass is 10.1. The van der Waals surface area contributed by atoms with Crippen LogP contribution in [0.1, 0.15) is 18.0 Å². The van der Waals surface area contributed by atoms with Crippen LogP contribution in [0.25, 0.3) is 0 Å². The van der Waals surface area contributed by atoms with Gasteiger partial charge in [-0.3, -0.25) is 4.90 Å². The molecule has 1 aromatic carbocycles. The number of hydrogen-bond donors (Lipinski definition) is 1. The minimum atomic E-state index is 0.0127. The zero-order valence-corrected chi connectivity index (χ0v) is 12.6. The van der Waals surface area contributed by atoms with E-state index in [4.69, 9.17) is 4.74 Å². The largest absolute Gasteiger partial charge is 0.497 e. The first-order valence-electron chi connectivity index (χ1n) is 7.15. The van der Waals surface area contributed by atoms with Crippen molar-refractivity contribution in [1.29, 1.82) is 0 Å². The van der Waals surface area contributed by atoms with Crippen molar-refractivity contribution in [1.82, 2.24) is 14.5 Å². The molecular weight excluding hydrogens is 266 g/mol. The first kappa shape index (κ1) is 15.5. The Balaban J connectivity index is 1.89. The minimum Gasteiger partial charge on any atom is -0.497 e. The third-order valence-electron chi connectivity index (χ3n) is 3.69. The lowest BCUT2D eigenvalue weighted by Crippen LogP contribution is -2.28. The molecule has 0 aliphatic carbocycles. The van der Waals surface area contributed by atoms with Crippen LogP contribution >= 0.6 is 0 Å². The minimum absolute atomic E-state index is 0.0127. The van der Waals surface area contributed by atoms with Crippen molar-refractivity contribution < 1.29 is 9.84 Å². The van der Waals surface area contributed by atoms with E-state index in [9.17, 15) is 5.11 Å². The number of aliphatic hydroxyl groups excluding tert-OH is 1. The predicted octanol–water partition coefficient (Wildman–Crippen LogP) is 1.95. The number of aryl methyl sites for hydroxylation is 1. The molecule has 21 heavy (non-hydrogen) atoms. The highest BCUT2D eigenvalue weighted by atomic mass is 16.5. The van der Waals surface area contributed by atoms with Gasteiger partial charge in [0.15, 0.2) is 0 Å². The first-order chi connectivity index (χ1) is 10.2. The SMILES string of the molecule is COc1ccc(C(CO)N(C)CCCn2ccnc2)cc1. The maximum Gasteiger partial charge on any atom is 0.118 e. The Morgan fingerprint density at radius 3 is 2.67 bits per heavy atom. The summed E-state index contributed by atoms with van der Waals surface area (Å²) in [6.07, 6.45) is 6.59. The van der Waals surface area contributed by atoms with Crippen molar-refractivity contribution in [3.8, 4) is 5.75 Å². The molecule has 0 aliphatic rings. The summed E-state index contributed by atoms with van der Waals surface area (Å²) in [7, 11) is 3.69. The van der Waals surface area contributed by atoms with E-state index in [-0.39, 0.29) is 12.6 Å². The Labute approximate surface area is 125 Å². The van der Waals surface area contributed by atoms with Gasteiger partial charge in [0.25, 0.3) is 0 Å². The highest BCUT2D eigenvalue weighted by Crippen LogP contribution is 2.21. The van der Waals surface area contributed by atoms with Gasteiger partial charge in [-0.25, -0.2) is 4.98 Å². The van der Waals surface area contributed by atoms with Crippen molar-refractivity contribution in [3.63, 3.8) is 0 Å². The van der Waals surface area contributed by atoms with Gasteiger partial charge in [0, 0.05) is 25.5 Å². The molecule has 0 spiro atoms. The van der Waals surface area contributed by atoms with Gasteiger partial charge in [-0.15, -0.1) is 0 Å². The van der Waals surface area contributed by atoms with Crippen molar-refractivity contribution >= 4 is 0 Å². The van der Waals surface area contributed by atoms with Crippen LogP contribution in [0.3, 0.4) is 0 Å². The van der Waals surface area contributed by atoms with Crippen LogP contribution in [0.4, 0.5) is 0 Å². The van der Waals surface area contributed by atoms with Crippen molar-refractivity contribution in [2.75, 3.05) is 27.3 Å². The van der Waals surface area contributed by atoms with Crippen LogP contribution in [-0.2, 0) is 6.54 Å². The Bertz CT molecular complexity index is 511. The standard InChI is InChI=1S/C16H23N3O2/c1-18(9-3-10-19-11-8-17-13-19)16(12-20)14-4-6-15(21-2)7-5-14/h4-8,11,13,16,20H,3,9-10,12H2,1-2H3. The summed E-state index contributed by atoms with van der Waals surface area (Å²) in [5, 5.41) is 9.67. The van der Waals surface area contributed by atoms with E-state index in [1.807, 2.05) is 43.8 Å². The number of methoxy groups -OCH3 is 1. The number of nitrogens with zero attached hydrogens (tertiary/aromatic N) is 3. The summed E-state index contributed by atoms with van der Waals surface area (Å²) in [6.45, 7) is 1.95. The van der Waals surface area contributed by atoms with Gasteiger partial charge in [0.05, 0.1) is 26.1 Å². The fourth-order valence-corrected chi connectivity index (χ4v) is 2.40. The molecule has 1 N–H and O–H groups in total. The quantitative estimate of drug-likeness (QED) is 0.807. The van der Waals surface area contributed by atoms with Gasteiger partial charge in [-0.1, -0.05) is 12.1 Å². The van der Waals surface area contributed by atoms with Crippen molar-refractivity contribution in [3.05, 3.63) is 48.5 Å². The van der Waals surface area contributed by atoms with Crippen LogP contribution in [-0.4, -0.2) is 46.9 Å². The molecule has 2 rings (SSSR count). The Kier molecular flexibility index (Phi) is 5.78. The van der Waals surface area contributed by atoms with Crippen LogP contribution in [0.15, 0.2) is 43.0 Å². The molecule has 1 atom stereocenters. The van der Waals surface area contributed by atoms with Crippen LogP contribution < -0.4 is 4.74 Å². The van der Waals surface area contributed by atoms with Gasteiger partial charge < -0.3 is 14.4 Å². The second kappa shape index (κ2) is 7.81. The molecule has 5 heteroatoms. The topological polar surface area (TPSA) is 50.5 Å². The van der Waals surface area contributed by atoms with Crippen molar-refractivity contribution in [2.45, 2.75) is 19.0 Å². The van der Waals surface area contributed by atoms with Crippen LogP contribution in [0, 0.1) is 0 Å². The maximum atomic E-state index is 9.67. The molecule has 114 valence electrons. The van der Waals surface area contributed by atoms with Crippen LogP contribution in [0.2, 0.25) is 0 Å². The monoisotopic (exact) mass is 289 g/mol. The number of rotatable bonds is 8. The molecule has 1 unspecified atom stereocenters. The average molecular weight is 289 g/mol. The number of benzene rings is 1. The molecule has 0 saturated heterocycles. The van der Waals surface area contributed by atoms with Gasteiger partial charge in [0.2, 0.25) is 0 Å². The second-order valence-electron chi connectivity index (χ2n) is 5.11. The van der Waals surface area contributed by atoms with E-state index in [0.717, 1.165) is 30.8 Å². The lowest BCUT2D eigenvalue weighted by Gasteiger charge is -2.27. The van der Waals surface area contributed by atoms with E-state index in [2.05, 4.69) is 14.5 Å². The zero-order chi connectivity index (χ0) is 15.1. The molecule has 0 amide bonds. The third kappa shape index (κ3) is 4.31. The summed E-state index contributed by atoms with van der Waals surface area (Å²) in [5.41, 5.74) is 1.10. The van der Waals surface area contributed by atoms with Gasteiger partial charge in [-0.05, 0) is 31.2 Å². The van der Waals surface area contributed by atoms with E-state index in [1.165, 1.54) is 0 Å². The molecule has 0 saturated carbocycles. The summed E-state index contributed by atoms with van der Waals surface area (Å²) < 4.78 is 7.23. The highest BCUT2D eigenvalue weighted by molar-refractivity contribution is 5.29. The molecule has 2 aromatic rings. The third-order valence-corrected chi connectivity index (χ3v) is 3.69. The number of hydrogen-bond acceptors (Lipinski definition) is 4. The number of likely N-dealkylation sites (N-methyl/N-ethyl adjacent to an activating group) is 1. The number of ether oxygens (including phenoxy) is 1. The van der Waals surface area contributed by atoms with E-state index < -0.39 is 0 Å². The number of aliphatic hydroxyl groups is 1. The van der Waals surface area contributed by atoms with E-state index >= 15 is 0 Å². The van der Waals surface area contributed by atoms with Crippen molar-refractivity contribution in [2.24, 2.45) is 0 Å². The Hall–Kier alpha value is -1.85. The van der Waals surface area contributed by atoms with Gasteiger partial charge in [-0.2, -0.15) is 0 Å². The van der Waals surface area contributed by atoms with E-state index in [1.54, 1.807) is 13.3 Å². The predicted molar refractivity (Wildman–Crippen MR) is 82.3 cm³/mol. The van der Waals surface area contributed by atoms with Gasteiger partial charge >= 0.3 is 0 Å². The second-order valence-corrected chi connectivity index (χ2v) is 5.11. The fourth-order valence-electron chi connectivity index (χ4n) is 2.40. The summed E-state index contributed by atoms with van der Waals surface area (Å²) in [6, 6.07) is 7.88. The summed E-state index contributed by atoms with van der Waals surface area (Å²) in [4.78, 5) is 6.21. The summed E-state index contributed by atoms with van der Waals surface area (Å²) in [5.74, 6) is 0.832. The Morgan fingerprint density at radius 1 is 1.33 bits per heavy atom. The molecule has 0 fully saturated rings. The molecule has 0 radical (unpaired) electrons. The molecule has 5 nitrogen and oxygen atoms in total. The molecule has 1 heterocycles. The number of imidazole rings is 1. The first-order valence-corrected chi connectivity index (χ1v) is 7.15. The maximum absolute atomic E-state index is 9.67. The molecule has 0 aliphatic heterocycles. The Morgan fingerprint density at radius 2 is 2.10 bits per heavy atom. The molecule has 1 aromatic heterocycles. The zero-order valence-electron chi connectivity index (χ0n) is 12.6. The number of aromatic nitrogens is 2.